The maximum atomic E-state index is 12.3. The lowest BCUT2D eigenvalue weighted by molar-refractivity contribution is -0.274. The van der Waals surface area contributed by atoms with Gasteiger partial charge in [-0.25, -0.2) is 0 Å². The minimum absolute atomic E-state index is 0.177. The molecule has 3 nitrogen and oxygen atoms in total. The fourth-order valence-electron chi connectivity index (χ4n) is 2.39. The number of hydrogen-bond acceptors (Lipinski definition) is 3. The minimum atomic E-state index is -4.70. The smallest absolute Gasteiger partial charge is 0.406 e. The Labute approximate surface area is 123 Å². The van der Waals surface area contributed by atoms with E-state index in [1.165, 1.54) is 18.2 Å². The summed E-state index contributed by atoms with van der Waals surface area (Å²) in [7, 11) is 3.34. The van der Waals surface area contributed by atoms with Gasteiger partial charge in [-0.3, -0.25) is 0 Å². The molecule has 1 aromatic rings. The zero-order valence-corrected chi connectivity index (χ0v) is 12.9. The van der Waals surface area contributed by atoms with Crippen molar-refractivity contribution in [2.75, 3.05) is 14.2 Å². The zero-order chi connectivity index (χ0) is 16.3. The number of rotatable bonds is 5. The third-order valence-electron chi connectivity index (χ3n) is 3.17. The van der Waals surface area contributed by atoms with Crippen LogP contribution in [0.15, 0.2) is 24.3 Å². The number of hydrogen-bond donors (Lipinski definition) is 1. The van der Waals surface area contributed by atoms with Crippen LogP contribution < -0.4 is 10.1 Å². The summed E-state index contributed by atoms with van der Waals surface area (Å²) in [5.41, 5.74) is 0.504. The molecule has 0 aliphatic heterocycles. The Morgan fingerprint density at radius 1 is 1.14 bits per heavy atom. The number of halogens is 3. The van der Waals surface area contributed by atoms with Gasteiger partial charge in [-0.1, -0.05) is 32.9 Å². The summed E-state index contributed by atoms with van der Waals surface area (Å²) in [6.07, 6.45) is -4.90. The van der Waals surface area contributed by atoms with E-state index in [-0.39, 0.29) is 23.3 Å². The number of ether oxygens (including phenoxy) is 2. The molecule has 0 saturated carbocycles. The normalized spacial score (nSPS) is 15.6. The van der Waals surface area contributed by atoms with Crippen molar-refractivity contribution in [3.8, 4) is 5.75 Å². The average molecular weight is 305 g/mol. The van der Waals surface area contributed by atoms with E-state index in [2.05, 4.69) is 10.1 Å². The number of methoxy groups -OCH3 is 1. The van der Waals surface area contributed by atoms with Crippen LogP contribution in [0.25, 0.3) is 0 Å². The lowest BCUT2D eigenvalue weighted by Gasteiger charge is -2.36. The molecule has 21 heavy (non-hydrogen) atoms. The Morgan fingerprint density at radius 2 is 1.76 bits per heavy atom. The van der Waals surface area contributed by atoms with Crippen molar-refractivity contribution >= 4 is 0 Å². The molecule has 0 fully saturated rings. The molecule has 0 aliphatic carbocycles. The molecule has 2 unspecified atom stereocenters. The molecule has 0 aliphatic rings. The molecule has 1 rings (SSSR count). The van der Waals surface area contributed by atoms with Gasteiger partial charge >= 0.3 is 6.36 Å². The molecule has 0 aromatic heterocycles. The first-order chi connectivity index (χ1) is 9.58. The highest BCUT2D eigenvalue weighted by Gasteiger charge is 2.34. The topological polar surface area (TPSA) is 30.5 Å². The van der Waals surface area contributed by atoms with E-state index in [9.17, 15) is 13.2 Å². The standard InChI is InChI=1S/C15H22F3NO2/c1-14(2,3)13(20-5)12(19-4)10-7-6-8-11(9-10)21-15(16,17)18/h6-9,12-13,19H,1-5H3. The van der Waals surface area contributed by atoms with Crippen molar-refractivity contribution in [2.45, 2.75) is 39.3 Å². The van der Waals surface area contributed by atoms with Gasteiger partial charge < -0.3 is 14.8 Å². The predicted octanol–water partition coefficient (Wildman–Crippen LogP) is 3.91. The number of alkyl halides is 3. The summed E-state index contributed by atoms with van der Waals surface area (Å²) < 4.78 is 46.4. The molecule has 0 amide bonds. The van der Waals surface area contributed by atoms with E-state index < -0.39 is 6.36 Å². The van der Waals surface area contributed by atoms with Crippen molar-refractivity contribution < 1.29 is 22.6 Å². The summed E-state index contributed by atoms with van der Waals surface area (Å²) in [6.45, 7) is 6.05. The fourth-order valence-corrected chi connectivity index (χ4v) is 2.39. The van der Waals surface area contributed by atoms with Crippen LogP contribution >= 0.6 is 0 Å². The Balaban J connectivity index is 3.09. The van der Waals surface area contributed by atoms with Crippen molar-refractivity contribution in [2.24, 2.45) is 5.41 Å². The highest BCUT2D eigenvalue weighted by molar-refractivity contribution is 5.31. The molecule has 0 heterocycles. The summed E-state index contributed by atoms with van der Waals surface area (Å²) in [4.78, 5) is 0. The molecule has 0 radical (unpaired) electrons. The summed E-state index contributed by atoms with van der Waals surface area (Å²) in [5, 5.41) is 3.10. The van der Waals surface area contributed by atoms with E-state index in [0.29, 0.717) is 5.56 Å². The quantitative estimate of drug-likeness (QED) is 0.895. The van der Waals surface area contributed by atoms with Crippen LogP contribution in [0, 0.1) is 5.41 Å². The van der Waals surface area contributed by atoms with Crippen LogP contribution in [0.3, 0.4) is 0 Å². The third kappa shape index (κ3) is 5.21. The maximum Gasteiger partial charge on any atom is 0.573 e. The fraction of sp³-hybridized carbons (Fsp3) is 0.600. The van der Waals surface area contributed by atoms with Gasteiger partial charge in [0, 0.05) is 7.11 Å². The molecule has 0 saturated heterocycles. The lowest BCUT2D eigenvalue weighted by atomic mass is 9.82. The first-order valence-electron chi connectivity index (χ1n) is 6.64. The molecule has 1 aromatic carbocycles. The van der Waals surface area contributed by atoms with Gasteiger partial charge in [0.1, 0.15) is 5.75 Å². The van der Waals surface area contributed by atoms with Gasteiger partial charge in [0.2, 0.25) is 0 Å². The first kappa shape index (κ1) is 17.8. The summed E-state index contributed by atoms with van der Waals surface area (Å²) in [6, 6.07) is 5.71. The Morgan fingerprint density at radius 3 is 2.19 bits per heavy atom. The monoisotopic (exact) mass is 305 g/mol. The van der Waals surface area contributed by atoms with Crippen LogP contribution in [-0.4, -0.2) is 26.6 Å². The number of nitrogens with one attached hydrogen (secondary N) is 1. The predicted molar refractivity (Wildman–Crippen MR) is 75.2 cm³/mol. The van der Waals surface area contributed by atoms with Crippen molar-refractivity contribution in [1.82, 2.24) is 5.32 Å². The second-order valence-corrected chi connectivity index (χ2v) is 5.91. The molecule has 2 atom stereocenters. The average Bonchev–Trinajstić information content (AvgIpc) is 2.32. The number of benzene rings is 1. The second kappa shape index (κ2) is 6.66. The molecular weight excluding hydrogens is 283 g/mol. The highest BCUT2D eigenvalue weighted by atomic mass is 19.4. The van der Waals surface area contributed by atoms with Gasteiger partial charge in [0.15, 0.2) is 0 Å². The Hall–Kier alpha value is -1.27. The van der Waals surface area contributed by atoms with Crippen LogP contribution in [0.2, 0.25) is 0 Å². The van der Waals surface area contributed by atoms with E-state index >= 15 is 0 Å². The van der Waals surface area contributed by atoms with Crippen LogP contribution in [0.4, 0.5) is 13.2 Å². The summed E-state index contributed by atoms with van der Waals surface area (Å²) >= 11 is 0. The van der Waals surface area contributed by atoms with E-state index in [1.807, 2.05) is 20.8 Å². The third-order valence-corrected chi connectivity index (χ3v) is 3.17. The minimum Gasteiger partial charge on any atom is -0.406 e. The first-order valence-corrected chi connectivity index (χ1v) is 6.64. The molecule has 0 spiro atoms. The molecule has 6 heteroatoms. The van der Waals surface area contributed by atoms with E-state index in [1.54, 1.807) is 20.2 Å². The molecule has 1 N–H and O–H groups in total. The van der Waals surface area contributed by atoms with Gasteiger partial charge in [0.25, 0.3) is 0 Å². The van der Waals surface area contributed by atoms with Gasteiger partial charge in [-0.2, -0.15) is 0 Å². The van der Waals surface area contributed by atoms with Gasteiger partial charge in [-0.15, -0.1) is 13.2 Å². The lowest BCUT2D eigenvalue weighted by Crippen LogP contribution is -2.40. The Bertz CT molecular complexity index is 455. The number of likely N-dealkylation sites (N-methyl/N-ethyl adjacent to an activating group) is 1. The molecule has 0 bridgehead atoms. The molecular formula is C15H22F3NO2. The SMILES string of the molecule is CNC(c1cccc(OC(F)(F)F)c1)C(OC)C(C)(C)C. The van der Waals surface area contributed by atoms with Gasteiger partial charge in [0.05, 0.1) is 12.1 Å². The van der Waals surface area contributed by atoms with E-state index in [0.717, 1.165) is 0 Å². The van der Waals surface area contributed by atoms with E-state index in [4.69, 9.17) is 4.74 Å². The maximum absolute atomic E-state index is 12.3. The van der Waals surface area contributed by atoms with Crippen LogP contribution in [-0.2, 0) is 4.74 Å². The Kier molecular flexibility index (Phi) is 5.64. The second-order valence-electron chi connectivity index (χ2n) is 5.91. The largest absolute Gasteiger partial charge is 0.573 e. The van der Waals surface area contributed by atoms with Crippen molar-refractivity contribution in [1.29, 1.82) is 0 Å². The van der Waals surface area contributed by atoms with Crippen molar-refractivity contribution in [3.63, 3.8) is 0 Å². The van der Waals surface area contributed by atoms with Crippen LogP contribution in [0.1, 0.15) is 32.4 Å². The van der Waals surface area contributed by atoms with Crippen LogP contribution in [0.5, 0.6) is 5.75 Å². The zero-order valence-electron chi connectivity index (χ0n) is 12.9. The summed E-state index contributed by atoms with van der Waals surface area (Å²) in [5.74, 6) is -0.232. The highest BCUT2D eigenvalue weighted by Crippen LogP contribution is 2.34. The van der Waals surface area contributed by atoms with Gasteiger partial charge in [-0.05, 0) is 30.2 Å². The molecule has 120 valence electrons. The van der Waals surface area contributed by atoms with Crippen molar-refractivity contribution in [3.05, 3.63) is 29.8 Å².